The number of pyridine rings is 1. The number of benzene rings is 1. The van der Waals surface area contributed by atoms with Gasteiger partial charge in [0.25, 0.3) is 5.91 Å². The molecule has 1 heterocycles. The number of halogens is 4. The maximum Gasteiger partial charge on any atom is 0.416 e. The number of aromatic nitrogens is 1. The molecule has 0 spiro atoms. The van der Waals surface area contributed by atoms with E-state index in [9.17, 15) is 27.6 Å². The number of carbonyl (C=O) groups is 3. The van der Waals surface area contributed by atoms with Crippen LogP contribution in [0.5, 0.6) is 11.5 Å². The normalized spacial score (nSPS) is 26.1. The number of nitrogens with one attached hydrogen (secondary N) is 2. The van der Waals surface area contributed by atoms with Crippen molar-refractivity contribution in [1.82, 2.24) is 10.3 Å². The zero-order valence-electron chi connectivity index (χ0n) is 24.4. The summed E-state index contributed by atoms with van der Waals surface area (Å²) in [6.45, 7) is 2.05. The summed E-state index contributed by atoms with van der Waals surface area (Å²) < 4.78 is 70.8. The lowest BCUT2D eigenvalue weighted by atomic mass is 9.83. The quantitative estimate of drug-likeness (QED) is 0.279. The number of hydrogen-bond donors (Lipinski definition) is 2. The van der Waals surface area contributed by atoms with Gasteiger partial charge in [0.15, 0.2) is 11.6 Å². The number of hydrogen-bond acceptors (Lipinski definition) is 7. The molecule has 2 bridgehead atoms. The number of fused-ring (bicyclic) bond motifs is 2. The Labute approximate surface area is 252 Å². The Bertz CT molecular complexity index is 1390. The molecule has 2 N–H and O–H groups in total. The van der Waals surface area contributed by atoms with Gasteiger partial charge in [-0.1, -0.05) is 0 Å². The average Bonchev–Trinajstić information content (AvgIpc) is 3.60. The fourth-order valence-electron chi connectivity index (χ4n) is 6.82. The Morgan fingerprint density at radius 1 is 1.00 bits per heavy atom. The molecular weight excluding hydrogens is 586 g/mol. The van der Waals surface area contributed by atoms with Gasteiger partial charge in [-0.25, -0.2) is 9.37 Å². The second-order valence-corrected chi connectivity index (χ2v) is 11.6. The third-order valence-corrected chi connectivity index (χ3v) is 8.94. The molecule has 238 valence electrons. The van der Waals surface area contributed by atoms with Crippen LogP contribution in [0.2, 0.25) is 0 Å². The molecule has 44 heavy (non-hydrogen) atoms. The molecule has 0 unspecified atom stereocenters. The molecule has 3 saturated carbocycles. The molecule has 13 heteroatoms. The van der Waals surface area contributed by atoms with Gasteiger partial charge in [-0.2, -0.15) is 13.2 Å². The molecule has 0 aliphatic heterocycles. The van der Waals surface area contributed by atoms with Crippen LogP contribution in [-0.2, 0) is 20.5 Å². The molecule has 0 saturated heterocycles. The van der Waals surface area contributed by atoms with Gasteiger partial charge >= 0.3 is 12.1 Å². The Kier molecular flexibility index (Phi) is 9.31. The molecule has 1 aromatic heterocycles. The van der Waals surface area contributed by atoms with Crippen molar-refractivity contribution in [1.29, 1.82) is 0 Å². The summed E-state index contributed by atoms with van der Waals surface area (Å²) in [5, 5.41) is 5.43. The van der Waals surface area contributed by atoms with E-state index in [1.54, 1.807) is 6.92 Å². The number of alkyl halides is 3. The average molecular weight is 622 g/mol. The van der Waals surface area contributed by atoms with Crippen LogP contribution in [0.15, 0.2) is 30.5 Å². The monoisotopic (exact) mass is 621 g/mol. The highest BCUT2D eigenvalue weighted by molar-refractivity contribution is 5.99. The standard InChI is InChI=1S/C31H35F4N3O6/c1-3-43-30(41)16-6-8-20(9-7-16)44-24-14-21(23(42-2)15-22(24)32)28(39)38-27-18-5-4-17(12-18)26(27)29(40)37-25-13-19(10-11-36-25)31(33,34)35/h10-11,13-18,20,26-27H,3-9,12H2,1-2H3,(H,38,39)(H,36,37,40)/t16?,17-,18+,20?,26+,27-/m1/s1. The van der Waals surface area contributed by atoms with Crippen molar-refractivity contribution in [2.45, 2.75) is 70.2 Å². The topological polar surface area (TPSA) is 116 Å². The summed E-state index contributed by atoms with van der Waals surface area (Å²) >= 11 is 0. The van der Waals surface area contributed by atoms with Crippen molar-refractivity contribution in [3.63, 3.8) is 0 Å². The van der Waals surface area contributed by atoms with E-state index in [0.717, 1.165) is 37.2 Å². The molecule has 1 aromatic carbocycles. The van der Waals surface area contributed by atoms with Crippen molar-refractivity contribution in [3.05, 3.63) is 47.4 Å². The predicted molar refractivity (Wildman–Crippen MR) is 149 cm³/mol. The molecule has 3 aliphatic carbocycles. The van der Waals surface area contributed by atoms with Crippen LogP contribution in [0.25, 0.3) is 0 Å². The molecule has 2 aromatic rings. The first kappa shape index (κ1) is 31.5. The number of nitrogens with zero attached hydrogens (tertiary/aromatic N) is 1. The molecule has 4 atom stereocenters. The second kappa shape index (κ2) is 13.0. The van der Waals surface area contributed by atoms with E-state index in [2.05, 4.69) is 15.6 Å². The predicted octanol–water partition coefficient (Wildman–Crippen LogP) is 5.53. The van der Waals surface area contributed by atoms with E-state index in [-0.39, 0.29) is 52.7 Å². The van der Waals surface area contributed by atoms with Gasteiger partial charge in [0.1, 0.15) is 11.6 Å². The minimum Gasteiger partial charge on any atom is -0.496 e. The van der Waals surface area contributed by atoms with Crippen molar-refractivity contribution >= 4 is 23.6 Å². The highest BCUT2D eigenvalue weighted by Gasteiger charge is 2.51. The van der Waals surface area contributed by atoms with Crippen LogP contribution in [0, 0.1) is 29.5 Å². The lowest BCUT2D eigenvalue weighted by Gasteiger charge is -2.31. The van der Waals surface area contributed by atoms with Crippen molar-refractivity contribution < 1.29 is 46.2 Å². The number of rotatable bonds is 9. The first-order valence-electron chi connectivity index (χ1n) is 14.8. The highest BCUT2D eigenvalue weighted by Crippen LogP contribution is 2.49. The van der Waals surface area contributed by atoms with Crippen LogP contribution in [0.4, 0.5) is 23.4 Å². The SMILES string of the molecule is CCOC(=O)C1CCC(Oc2cc(C(=O)N[C@@H]3[C@H]4CC[C@H](C4)[C@@H]3C(=O)Nc3cc(C(F)(F)F)ccn3)c(OC)cc2F)CC1. The van der Waals surface area contributed by atoms with Gasteiger partial charge in [0.05, 0.1) is 42.8 Å². The van der Waals surface area contributed by atoms with E-state index in [4.69, 9.17) is 14.2 Å². The zero-order valence-corrected chi connectivity index (χ0v) is 24.4. The smallest absolute Gasteiger partial charge is 0.416 e. The number of carbonyl (C=O) groups excluding carboxylic acids is 3. The minimum absolute atomic E-state index is 0.00841. The molecule has 3 aliphatic rings. The summed E-state index contributed by atoms with van der Waals surface area (Å²) in [5.41, 5.74) is -0.917. The minimum atomic E-state index is -4.59. The fourth-order valence-corrected chi connectivity index (χ4v) is 6.82. The lowest BCUT2D eigenvalue weighted by molar-refractivity contribution is -0.149. The Morgan fingerprint density at radius 3 is 2.41 bits per heavy atom. The Balaban J connectivity index is 1.29. The third-order valence-electron chi connectivity index (χ3n) is 8.94. The lowest BCUT2D eigenvalue weighted by Crippen LogP contribution is -2.48. The van der Waals surface area contributed by atoms with Crippen molar-refractivity contribution in [3.8, 4) is 11.5 Å². The molecule has 3 fully saturated rings. The van der Waals surface area contributed by atoms with Crippen LogP contribution in [0.1, 0.15) is 67.8 Å². The van der Waals surface area contributed by atoms with Gasteiger partial charge in [-0.3, -0.25) is 14.4 Å². The summed E-state index contributed by atoms with van der Waals surface area (Å²) in [6, 6.07) is 3.34. The maximum atomic E-state index is 15.0. The number of ether oxygens (including phenoxy) is 3. The third kappa shape index (κ3) is 6.76. The maximum absolute atomic E-state index is 15.0. The van der Waals surface area contributed by atoms with Crippen molar-refractivity contribution in [2.24, 2.45) is 23.7 Å². The van der Waals surface area contributed by atoms with Crippen molar-refractivity contribution in [2.75, 3.05) is 19.0 Å². The van der Waals surface area contributed by atoms with Gasteiger partial charge in [0, 0.05) is 18.3 Å². The van der Waals surface area contributed by atoms with E-state index in [0.29, 0.717) is 38.7 Å². The summed E-state index contributed by atoms with van der Waals surface area (Å²) in [5.74, 6) is -3.44. The summed E-state index contributed by atoms with van der Waals surface area (Å²) in [6.07, 6.45) is 0.348. The van der Waals surface area contributed by atoms with E-state index < -0.39 is 41.3 Å². The largest absolute Gasteiger partial charge is 0.496 e. The zero-order chi connectivity index (χ0) is 31.6. The van der Waals surface area contributed by atoms with E-state index in [1.807, 2.05) is 0 Å². The molecule has 5 rings (SSSR count). The van der Waals surface area contributed by atoms with Gasteiger partial charge in [-0.05, 0) is 81.9 Å². The number of anilines is 1. The van der Waals surface area contributed by atoms with Crippen LogP contribution >= 0.6 is 0 Å². The van der Waals surface area contributed by atoms with Gasteiger partial charge in [-0.15, -0.1) is 0 Å². The Hall–Kier alpha value is -3.90. The van der Waals surface area contributed by atoms with Gasteiger partial charge < -0.3 is 24.8 Å². The fraction of sp³-hybridized carbons (Fsp3) is 0.548. The molecule has 2 amide bonds. The van der Waals surface area contributed by atoms with E-state index in [1.165, 1.54) is 13.2 Å². The molecule has 0 radical (unpaired) electrons. The summed E-state index contributed by atoms with van der Waals surface area (Å²) in [4.78, 5) is 42.8. The Morgan fingerprint density at radius 2 is 1.73 bits per heavy atom. The first-order valence-corrected chi connectivity index (χ1v) is 14.8. The summed E-state index contributed by atoms with van der Waals surface area (Å²) in [7, 11) is 1.30. The highest BCUT2D eigenvalue weighted by atomic mass is 19.4. The van der Waals surface area contributed by atoms with E-state index >= 15 is 4.39 Å². The number of esters is 1. The molecule has 9 nitrogen and oxygen atoms in total. The van der Waals surface area contributed by atoms with Gasteiger partial charge in [0.2, 0.25) is 5.91 Å². The molecular formula is C31H35F4N3O6. The first-order chi connectivity index (χ1) is 21.0. The van der Waals surface area contributed by atoms with Crippen LogP contribution in [-0.4, -0.2) is 48.6 Å². The number of amides is 2. The van der Waals surface area contributed by atoms with Crippen LogP contribution < -0.4 is 20.1 Å². The van der Waals surface area contributed by atoms with Crippen LogP contribution in [0.3, 0.4) is 0 Å². The number of methoxy groups -OCH3 is 1. The second-order valence-electron chi connectivity index (χ2n) is 11.6.